The summed E-state index contributed by atoms with van der Waals surface area (Å²) < 4.78 is 10.9. The zero-order valence-electron chi connectivity index (χ0n) is 17.5. The molecule has 31 heavy (non-hydrogen) atoms. The molecular formula is C22H27N5O4. The van der Waals surface area contributed by atoms with Crippen molar-refractivity contribution in [3.05, 3.63) is 47.4 Å². The smallest absolute Gasteiger partial charge is 0.307 e. The molecule has 4 rings (SSSR count). The molecule has 1 aromatic rings. The van der Waals surface area contributed by atoms with Gasteiger partial charge < -0.3 is 20.1 Å². The van der Waals surface area contributed by atoms with Crippen LogP contribution in [0, 0.1) is 22.7 Å². The summed E-state index contributed by atoms with van der Waals surface area (Å²) in [6, 6.07) is 11.1. The number of carbonyl (C=O) groups excluding carboxylic acids is 2. The number of amides is 1. The van der Waals surface area contributed by atoms with Gasteiger partial charge in [0, 0.05) is 36.0 Å². The van der Waals surface area contributed by atoms with Crippen LogP contribution in [0.4, 0.5) is 0 Å². The van der Waals surface area contributed by atoms with Gasteiger partial charge in [-0.25, -0.2) is 5.43 Å². The Balaban J connectivity index is 1.59. The van der Waals surface area contributed by atoms with Crippen LogP contribution in [0.1, 0.15) is 36.5 Å². The van der Waals surface area contributed by atoms with Crippen molar-refractivity contribution >= 4 is 11.9 Å². The summed E-state index contributed by atoms with van der Waals surface area (Å²) in [5.74, 6) is -0.430. The summed E-state index contributed by atoms with van der Waals surface area (Å²) in [6.45, 7) is 3.05. The molecule has 1 aromatic carbocycles. The molecule has 3 atom stereocenters. The van der Waals surface area contributed by atoms with E-state index in [0.29, 0.717) is 43.7 Å². The molecule has 3 aliphatic rings. The monoisotopic (exact) mass is 425 g/mol. The van der Waals surface area contributed by atoms with Gasteiger partial charge in [-0.3, -0.25) is 15.0 Å². The van der Waals surface area contributed by atoms with E-state index in [2.05, 4.69) is 16.9 Å². The number of benzene rings is 1. The number of hydrazine groups is 1. The molecule has 3 aliphatic heterocycles. The van der Waals surface area contributed by atoms with Crippen molar-refractivity contribution in [1.29, 1.82) is 5.26 Å². The fourth-order valence-electron chi connectivity index (χ4n) is 5.16. The first-order valence-electron chi connectivity index (χ1n) is 10.6. The third kappa shape index (κ3) is 3.73. The Bertz CT molecular complexity index is 918. The van der Waals surface area contributed by atoms with Crippen LogP contribution >= 0.6 is 0 Å². The lowest BCUT2D eigenvalue weighted by molar-refractivity contribution is -0.144. The Hall–Kier alpha value is -3.09. The molecule has 164 valence electrons. The van der Waals surface area contributed by atoms with Gasteiger partial charge in [-0.05, 0) is 31.9 Å². The summed E-state index contributed by atoms with van der Waals surface area (Å²) in [5, 5.41) is 9.92. The summed E-state index contributed by atoms with van der Waals surface area (Å²) in [7, 11) is 0. The van der Waals surface area contributed by atoms with E-state index in [9.17, 15) is 14.9 Å². The number of rotatable bonds is 4. The van der Waals surface area contributed by atoms with Crippen LogP contribution in [0.2, 0.25) is 0 Å². The fourth-order valence-corrected chi connectivity index (χ4v) is 5.16. The van der Waals surface area contributed by atoms with Crippen molar-refractivity contribution < 1.29 is 19.1 Å². The molecule has 9 nitrogen and oxygen atoms in total. The van der Waals surface area contributed by atoms with Gasteiger partial charge in [0.25, 0.3) is 5.91 Å². The Morgan fingerprint density at radius 1 is 1.29 bits per heavy atom. The van der Waals surface area contributed by atoms with Crippen molar-refractivity contribution in [2.75, 3.05) is 19.7 Å². The van der Waals surface area contributed by atoms with Crippen LogP contribution in [0.3, 0.4) is 0 Å². The first kappa shape index (κ1) is 21.2. The van der Waals surface area contributed by atoms with Crippen molar-refractivity contribution in [2.24, 2.45) is 17.1 Å². The van der Waals surface area contributed by atoms with Gasteiger partial charge in [-0.1, -0.05) is 18.2 Å². The number of hydrogen-bond acceptors (Lipinski definition) is 8. The van der Waals surface area contributed by atoms with Crippen LogP contribution in [-0.4, -0.2) is 48.7 Å². The maximum atomic E-state index is 12.9. The lowest BCUT2D eigenvalue weighted by atomic mass is 9.60. The van der Waals surface area contributed by atoms with Crippen molar-refractivity contribution in [3.63, 3.8) is 0 Å². The number of allylic oxidation sites excluding steroid dienone is 1. The van der Waals surface area contributed by atoms with Gasteiger partial charge in [0.15, 0.2) is 6.23 Å². The van der Waals surface area contributed by atoms with Gasteiger partial charge in [-0.2, -0.15) is 5.26 Å². The Morgan fingerprint density at radius 2 is 2.00 bits per heavy atom. The molecule has 2 fully saturated rings. The fraction of sp³-hybridized carbons (Fsp3) is 0.500. The van der Waals surface area contributed by atoms with Crippen molar-refractivity contribution in [1.82, 2.24) is 15.8 Å². The number of likely N-dealkylation sites (tertiary alicyclic amines) is 1. The van der Waals surface area contributed by atoms with Crippen molar-refractivity contribution in [3.8, 4) is 6.07 Å². The van der Waals surface area contributed by atoms with E-state index in [1.807, 2.05) is 23.1 Å². The summed E-state index contributed by atoms with van der Waals surface area (Å²) >= 11 is 0. The Labute approximate surface area is 181 Å². The zero-order valence-corrected chi connectivity index (χ0v) is 17.5. The maximum absolute atomic E-state index is 12.9. The molecule has 9 heteroatoms. The average Bonchev–Trinajstić information content (AvgIpc) is 3.17. The third-order valence-corrected chi connectivity index (χ3v) is 6.57. The number of nitrogens with two attached hydrogens (primary N) is 1. The molecule has 0 aromatic heterocycles. The SMILES string of the molecule is CCOC(=O)CC1NNC2OC(N)=C(C#N)C3(CCN(C(=O)c4ccccc4)CC3)C12. The lowest BCUT2D eigenvalue weighted by Gasteiger charge is -2.50. The number of piperidine rings is 1. The molecule has 0 saturated carbocycles. The maximum Gasteiger partial charge on any atom is 0.307 e. The van der Waals surface area contributed by atoms with Gasteiger partial charge in [0.05, 0.1) is 18.6 Å². The van der Waals surface area contributed by atoms with Gasteiger partial charge in [-0.15, -0.1) is 0 Å². The normalized spacial score (nSPS) is 26.7. The number of nitrogens with zero attached hydrogens (tertiary/aromatic N) is 2. The predicted octanol–water partition coefficient (Wildman–Crippen LogP) is 1.00. The van der Waals surface area contributed by atoms with E-state index >= 15 is 0 Å². The van der Waals surface area contributed by atoms with E-state index in [1.165, 1.54) is 0 Å². The highest BCUT2D eigenvalue weighted by molar-refractivity contribution is 5.94. The average molecular weight is 425 g/mol. The summed E-state index contributed by atoms with van der Waals surface area (Å²) in [4.78, 5) is 26.9. The molecule has 0 bridgehead atoms. The highest BCUT2D eigenvalue weighted by Gasteiger charge is 2.58. The molecule has 0 aliphatic carbocycles. The first-order valence-corrected chi connectivity index (χ1v) is 10.6. The Kier molecular flexibility index (Phi) is 5.85. The van der Waals surface area contributed by atoms with E-state index in [-0.39, 0.29) is 36.1 Å². The number of nitriles is 1. The Morgan fingerprint density at radius 3 is 2.65 bits per heavy atom. The number of carbonyl (C=O) groups is 2. The second-order valence-electron chi connectivity index (χ2n) is 8.13. The number of fused-ring (bicyclic) bond motifs is 2. The summed E-state index contributed by atoms with van der Waals surface area (Å²) in [5.41, 5.74) is 12.8. The first-order chi connectivity index (χ1) is 15.0. The number of hydrogen-bond donors (Lipinski definition) is 3. The molecule has 3 heterocycles. The molecule has 2 saturated heterocycles. The number of esters is 1. The van der Waals surface area contributed by atoms with Crippen LogP contribution in [0.25, 0.3) is 0 Å². The zero-order chi connectivity index (χ0) is 22.0. The van der Waals surface area contributed by atoms with E-state index in [0.717, 1.165) is 0 Å². The highest BCUT2D eigenvalue weighted by Crippen LogP contribution is 2.53. The summed E-state index contributed by atoms with van der Waals surface area (Å²) in [6.07, 6.45) is 0.802. The molecule has 0 radical (unpaired) electrons. The second-order valence-corrected chi connectivity index (χ2v) is 8.13. The minimum Gasteiger partial charge on any atom is -0.466 e. The van der Waals surface area contributed by atoms with E-state index < -0.39 is 11.6 Å². The van der Waals surface area contributed by atoms with Crippen molar-refractivity contribution in [2.45, 2.75) is 38.5 Å². The lowest BCUT2D eigenvalue weighted by Crippen LogP contribution is -2.55. The van der Waals surface area contributed by atoms with E-state index in [1.54, 1.807) is 19.1 Å². The minimum atomic E-state index is -0.594. The number of nitrogens with one attached hydrogen (secondary N) is 2. The number of ether oxygens (including phenoxy) is 2. The van der Waals surface area contributed by atoms with Gasteiger partial charge >= 0.3 is 5.97 Å². The largest absolute Gasteiger partial charge is 0.466 e. The highest BCUT2D eigenvalue weighted by atomic mass is 16.5. The standard InChI is InChI=1S/C22H27N5O4/c1-2-30-17(28)12-16-18-20(26-25-16)31-19(24)15(13-23)22(18)8-10-27(11-9-22)21(29)14-6-4-3-5-7-14/h3-7,16,18,20,25-26H,2,8-12,24H2,1H3. The molecule has 3 unspecified atom stereocenters. The van der Waals surface area contributed by atoms with E-state index in [4.69, 9.17) is 15.2 Å². The quantitative estimate of drug-likeness (QED) is 0.610. The predicted molar refractivity (Wildman–Crippen MR) is 111 cm³/mol. The minimum absolute atomic E-state index is 0.0275. The molecule has 1 amide bonds. The second kappa shape index (κ2) is 8.57. The topological polar surface area (TPSA) is 130 Å². The molecular weight excluding hydrogens is 398 g/mol. The van der Waals surface area contributed by atoms with Crippen LogP contribution in [0.15, 0.2) is 41.8 Å². The molecule has 4 N–H and O–H groups in total. The third-order valence-electron chi connectivity index (χ3n) is 6.57. The van der Waals surface area contributed by atoms with Gasteiger partial charge in [0.1, 0.15) is 6.07 Å². The molecule has 1 spiro atoms. The van der Waals surface area contributed by atoms with Crippen LogP contribution in [0.5, 0.6) is 0 Å². The van der Waals surface area contributed by atoms with Crippen LogP contribution < -0.4 is 16.6 Å². The van der Waals surface area contributed by atoms with Crippen LogP contribution in [-0.2, 0) is 14.3 Å². The van der Waals surface area contributed by atoms with Gasteiger partial charge in [0.2, 0.25) is 5.88 Å².